The van der Waals surface area contributed by atoms with E-state index in [2.05, 4.69) is 15.5 Å². The van der Waals surface area contributed by atoms with Crippen molar-refractivity contribution in [3.05, 3.63) is 30.4 Å². The van der Waals surface area contributed by atoms with E-state index in [1.54, 1.807) is 11.7 Å². The third-order valence-corrected chi connectivity index (χ3v) is 6.36. The van der Waals surface area contributed by atoms with E-state index in [-0.39, 0.29) is 23.3 Å². The molecule has 142 valence electrons. The molecule has 1 fully saturated rings. The van der Waals surface area contributed by atoms with Crippen LogP contribution in [0.2, 0.25) is 0 Å². The van der Waals surface area contributed by atoms with Gasteiger partial charge in [0, 0.05) is 39.1 Å². The van der Waals surface area contributed by atoms with Gasteiger partial charge in [-0.25, -0.2) is 8.42 Å². The van der Waals surface area contributed by atoms with Gasteiger partial charge in [-0.3, -0.25) is 14.2 Å². The van der Waals surface area contributed by atoms with E-state index in [0.717, 1.165) is 12.2 Å². The Labute approximate surface area is 153 Å². The predicted molar refractivity (Wildman–Crippen MR) is 94.4 cm³/mol. The van der Waals surface area contributed by atoms with Crippen LogP contribution in [0, 0.1) is 5.92 Å². The summed E-state index contributed by atoms with van der Waals surface area (Å²) >= 11 is 0. The van der Waals surface area contributed by atoms with Gasteiger partial charge in [-0.1, -0.05) is 0 Å². The molecule has 0 spiro atoms. The van der Waals surface area contributed by atoms with E-state index in [0.29, 0.717) is 25.9 Å². The highest BCUT2D eigenvalue weighted by atomic mass is 32.2. The van der Waals surface area contributed by atoms with Crippen LogP contribution in [0.25, 0.3) is 0 Å². The first kappa shape index (κ1) is 18.6. The molecule has 1 aliphatic heterocycles. The molecule has 3 rings (SSSR count). The minimum Gasteiger partial charge on any atom is -0.350 e. The molecule has 0 saturated carbocycles. The lowest BCUT2D eigenvalue weighted by Gasteiger charge is -2.30. The highest BCUT2D eigenvalue weighted by Crippen LogP contribution is 2.23. The highest BCUT2D eigenvalue weighted by molar-refractivity contribution is 7.89. The third kappa shape index (κ3) is 3.96. The Balaban J connectivity index is 1.61. The number of amides is 1. The summed E-state index contributed by atoms with van der Waals surface area (Å²) in [6.07, 6.45) is 6.01. The van der Waals surface area contributed by atoms with Gasteiger partial charge in [-0.05, 0) is 25.8 Å². The number of piperidine rings is 1. The molecule has 2 aromatic heterocycles. The lowest BCUT2D eigenvalue weighted by atomic mass is 9.99. The molecule has 1 N–H and O–H groups in total. The summed E-state index contributed by atoms with van der Waals surface area (Å²) in [4.78, 5) is 12.6. The molecule has 3 heterocycles. The Morgan fingerprint density at radius 3 is 2.88 bits per heavy atom. The number of nitrogens with one attached hydrogen (secondary N) is 1. The van der Waals surface area contributed by atoms with Gasteiger partial charge in [0.05, 0.1) is 24.4 Å². The van der Waals surface area contributed by atoms with Crippen molar-refractivity contribution < 1.29 is 13.2 Å². The molecule has 0 radical (unpaired) electrons. The molecule has 1 aliphatic rings. The van der Waals surface area contributed by atoms with Gasteiger partial charge in [0.2, 0.25) is 15.9 Å². The fraction of sp³-hybridized carbons (Fsp3) is 0.562. The Hall–Kier alpha value is -2.20. The van der Waals surface area contributed by atoms with Crippen LogP contribution in [-0.2, 0) is 35.0 Å². The molecule has 1 unspecified atom stereocenters. The first-order valence-electron chi connectivity index (χ1n) is 8.69. The van der Waals surface area contributed by atoms with Gasteiger partial charge in [0.25, 0.3) is 0 Å². The molecule has 26 heavy (non-hydrogen) atoms. The van der Waals surface area contributed by atoms with Crippen LogP contribution in [0.4, 0.5) is 0 Å². The average Bonchev–Trinajstić information content (AvgIpc) is 3.28. The lowest BCUT2D eigenvalue weighted by Crippen LogP contribution is -2.45. The second kappa shape index (κ2) is 7.58. The van der Waals surface area contributed by atoms with Crippen molar-refractivity contribution in [1.82, 2.24) is 29.2 Å². The van der Waals surface area contributed by atoms with E-state index < -0.39 is 10.0 Å². The predicted octanol–water partition coefficient (Wildman–Crippen LogP) is 0.354. The van der Waals surface area contributed by atoms with E-state index >= 15 is 0 Å². The fourth-order valence-corrected chi connectivity index (χ4v) is 4.56. The summed E-state index contributed by atoms with van der Waals surface area (Å²) in [5.74, 6) is -0.495. The third-order valence-electron chi connectivity index (χ3n) is 4.54. The fourth-order valence-electron chi connectivity index (χ4n) is 3.05. The second-order valence-corrected chi connectivity index (χ2v) is 8.37. The number of aryl methyl sites for hydroxylation is 2. The van der Waals surface area contributed by atoms with Crippen molar-refractivity contribution in [1.29, 1.82) is 0 Å². The number of nitrogens with zero attached hydrogens (tertiary/aromatic N) is 5. The van der Waals surface area contributed by atoms with Gasteiger partial charge < -0.3 is 5.32 Å². The molecule has 2 aromatic rings. The van der Waals surface area contributed by atoms with Crippen molar-refractivity contribution in [3.63, 3.8) is 0 Å². The molecule has 1 amide bonds. The van der Waals surface area contributed by atoms with Crippen LogP contribution in [0.1, 0.15) is 25.5 Å². The summed E-state index contributed by atoms with van der Waals surface area (Å²) in [6, 6.07) is 1.86. The maximum atomic E-state index is 12.7. The van der Waals surface area contributed by atoms with E-state index in [1.165, 1.54) is 21.4 Å². The van der Waals surface area contributed by atoms with Gasteiger partial charge in [0.15, 0.2) is 0 Å². The van der Waals surface area contributed by atoms with Crippen molar-refractivity contribution in [2.24, 2.45) is 13.0 Å². The Morgan fingerprint density at radius 1 is 1.42 bits per heavy atom. The van der Waals surface area contributed by atoms with E-state index in [9.17, 15) is 13.2 Å². The zero-order valence-corrected chi connectivity index (χ0v) is 15.8. The van der Waals surface area contributed by atoms with Crippen molar-refractivity contribution in [2.45, 2.75) is 37.8 Å². The minimum absolute atomic E-state index is 0.137. The first-order chi connectivity index (χ1) is 12.4. The largest absolute Gasteiger partial charge is 0.350 e. The number of aromatic nitrogens is 4. The van der Waals surface area contributed by atoms with Crippen molar-refractivity contribution in [2.75, 3.05) is 13.1 Å². The number of carbonyl (C=O) groups is 1. The normalized spacial score (nSPS) is 18.8. The zero-order chi connectivity index (χ0) is 18.7. The Bertz CT molecular complexity index is 872. The van der Waals surface area contributed by atoms with Crippen LogP contribution >= 0.6 is 0 Å². The zero-order valence-electron chi connectivity index (χ0n) is 15.0. The second-order valence-electron chi connectivity index (χ2n) is 6.43. The lowest BCUT2D eigenvalue weighted by molar-refractivity contribution is -0.126. The molecule has 1 saturated heterocycles. The number of rotatable bonds is 6. The topological polar surface area (TPSA) is 102 Å². The molecule has 10 heteroatoms. The monoisotopic (exact) mass is 380 g/mol. The number of sulfonamides is 1. The van der Waals surface area contributed by atoms with Crippen LogP contribution in [0.15, 0.2) is 29.6 Å². The molecular weight excluding hydrogens is 356 g/mol. The Morgan fingerprint density at radius 2 is 2.23 bits per heavy atom. The minimum atomic E-state index is -3.62. The molecule has 9 nitrogen and oxygen atoms in total. The summed E-state index contributed by atoms with van der Waals surface area (Å²) in [7, 11) is -1.95. The van der Waals surface area contributed by atoms with Gasteiger partial charge in [-0.2, -0.15) is 14.5 Å². The van der Waals surface area contributed by atoms with Crippen LogP contribution in [0.5, 0.6) is 0 Å². The SMILES string of the molecule is CCn1ccc(CNC(=O)C2CCCN(S(=O)(=O)c3cnn(C)c3)C2)n1. The maximum Gasteiger partial charge on any atom is 0.246 e. The summed E-state index contributed by atoms with van der Waals surface area (Å²) in [6.45, 7) is 3.72. The summed E-state index contributed by atoms with van der Waals surface area (Å²) < 4.78 is 30.1. The number of carbonyl (C=O) groups excluding carboxylic acids is 1. The van der Waals surface area contributed by atoms with Crippen LogP contribution < -0.4 is 5.32 Å². The van der Waals surface area contributed by atoms with Gasteiger partial charge >= 0.3 is 0 Å². The number of hydrogen-bond donors (Lipinski definition) is 1. The standard InChI is InChI=1S/C16H24N6O3S/c1-3-21-8-6-14(19-21)9-17-16(23)13-5-4-7-22(11-13)26(24,25)15-10-18-20(2)12-15/h6,8,10,12-13H,3-5,7,9,11H2,1-2H3,(H,17,23). The van der Waals surface area contributed by atoms with Gasteiger partial charge in [-0.15, -0.1) is 0 Å². The van der Waals surface area contributed by atoms with Crippen LogP contribution in [-0.4, -0.2) is 51.3 Å². The molecule has 0 bridgehead atoms. The van der Waals surface area contributed by atoms with E-state index in [4.69, 9.17) is 0 Å². The summed E-state index contributed by atoms with van der Waals surface area (Å²) in [5, 5.41) is 11.1. The molecule has 1 atom stereocenters. The summed E-state index contributed by atoms with van der Waals surface area (Å²) in [5.41, 5.74) is 0.788. The Kier molecular flexibility index (Phi) is 5.42. The quantitative estimate of drug-likeness (QED) is 0.779. The molecular formula is C16H24N6O3S. The van der Waals surface area contributed by atoms with Gasteiger partial charge in [0.1, 0.15) is 4.90 Å². The number of hydrogen-bond acceptors (Lipinski definition) is 5. The smallest absolute Gasteiger partial charge is 0.246 e. The highest BCUT2D eigenvalue weighted by Gasteiger charge is 2.33. The van der Waals surface area contributed by atoms with Crippen molar-refractivity contribution in [3.8, 4) is 0 Å². The van der Waals surface area contributed by atoms with E-state index in [1.807, 2.05) is 19.2 Å². The van der Waals surface area contributed by atoms with Crippen LogP contribution in [0.3, 0.4) is 0 Å². The van der Waals surface area contributed by atoms with Crippen molar-refractivity contribution >= 4 is 15.9 Å². The molecule has 0 aromatic carbocycles. The first-order valence-corrected chi connectivity index (χ1v) is 10.1. The molecule has 0 aliphatic carbocycles. The maximum absolute atomic E-state index is 12.7. The average molecular weight is 380 g/mol.